The zero-order valence-electron chi connectivity index (χ0n) is 14.6. The van der Waals surface area contributed by atoms with Crippen LogP contribution in [-0.2, 0) is 4.79 Å². The Morgan fingerprint density at radius 2 is 1.80 bits per heavy atom. The van der Waals surface area contributed by atoms with Gasteiger partial charge in [-0.05, 0) is 50.0 Å². The number of anilines is 1. The molecule has 0 N–H and O–H groups in total. The minimum absolute atomic E-state index is 0.0942. The Kier molecular flexibility index (Phi) is 5.28. The summed E-state index contributed by atoms with van der Waals surface area (Å²) < 4.78 is 13.1. The highest BCUT2D eigenvalue weighted by atomic mass is 19.1. The van der Waals surface area contributed by atoms with Gasteiger partial charge in [-0.25, -0.2) is 4.39 Å². The van der Waals surface area contributed by atoms with Gasteiger partial charge in [0.25, 0.3) is 0 Å². The summed E-state index contributed by atoms with van der Waals surface area (Å²) in [5, 5.41) is 0. The number of piperazine rings is 1. The number of halogens is 1. The van der Waals surface area contributed by atoms with Crippen molar-refractivity contribution in [2.75, 3.05) is 45.2 Å². The van der Waals surface area contributed by atoms with Crippen molar-refractivity contribution in [3.63, 3.8) is 0 Å². The van der Waals surface area contributed by atoms with E-state index in [1.807, 2.05) is 36.0 Å². The van der Waals surface area contributed by atoms with Crippen LogP contribution < -0.4 is 4.90 Å². The Bertz CT molecular complexity index is 697. The summed E-state index contributed by atoms with van der Waals surface area (Å²) in [6.45, 7) is 2.79. The highest BCUT2D eigenvalue weighted by molar-refractivity contribution is 5.83. The third-order valence-electron chi connectivity index (χ3n) is 4.53. The van der Waals surface area contributed by atoms with E-state index in [0.717, 1.165) is 24.3 Å². The molecule has 2 aromatic rings. The Hall–Kier alpha value is -2.47. The third-order valence-corrected chi connectivity index (χ3v) is 4.53. The number of hydrogen-bond acceptors (Lipinski definition) is 4. The normalized spacial score (nSPS) is 16.2. The lowest BCUT2D eigenvalue weighted by molar-refractivity contribution is -0.136. The predicted octanol–water partition coefficient (Wildman–Crippen LogP) is 2.17. The predicted molar refractivity (Wildman–Crippen MR) is 95.9 cm³/mol. The van der Waals surface area contributed by atoms with Crippen LogP contribution in [0.4, 0.5) is 10.1 Å². The van der Waals surface area contributed by atoms with E-state index in [0.29, 0.717) is 13.1 Å². The molecule has 3 rings (SSSR count). The van der Waals surface area contributed by atoms with E-state index in [4.69, 9.17) is 0 Å². The fourth-order valence-corrected chi connectivity index (χ4v) is 3.21. The maximum absolute atomic E-state index is 13.1. The largest absolute Gasteiger partial charge is 0.368 e. The fourth-order valence-electron chi connectivity index (χ4n) is 3.21. The number of rotatable bonds is 4. The number of amides is 1. The molecule has 0 radical (unpaired) electrons. The number of hydrogen-bond donors (Lipinski definition) is 0. The Morgan fingerprint density at radius 3 is 2.36 bits per heavy atom. The number of likely N-dealkylation sites (N-methyl/N-ethyl adjacent to an activating group) is 1. The number of carbonyl (C=O) groups is 1. The number of benzene rings is 1. The van der Waals surface area contributed by atoms with Crippen LogP contribution in [0.2, 0.25) is 0 Å². The molecule has 1 unspecified atom stereocenters. The Morgan fingerprint density at radius 1 is 1.12 bits per heavy atom. The molecule has 1 saturated heterocycles. The van der Waals surface area contributed by atoms with E-state index in [2.05, 4.69) is 9.88 Å². The van der Waals surface area contributed by atoms with Crippen LogP contribution in [0.5, 0.6) is 0 Å². The molecule has 0 aliphatic carbocycles. The third kappa shape index (κ3) is 3.96. The molecule has 1 aromatic heterocycles. The molecule has 1 aromatic carbocycles. The van der Waals surface area contributed by atoms with Gasteiger partial charge in [0.05, 0.1) is 0 Å². The topological polar surface area (TPSA) is 39.7 Å². The maximum Gasteiger partial charge on any atom is 0.244 e. The quantitative estimate of drug-likeness (QED) is 0.854. The zero-order valence-corrected chi connectivity index (χ0v) is 14.6. The lowest BCUT2D eigenvalue weighted by Crippen LogP contribution is -2.51. The highest BCUT2D eigenvalue weighted by Gasteiger charge is 2.30. The molecule has 1 aliphatic rings. The van der Waals surface area contributed by atoms with Crippen LogP contribution in [0.1, 0.15) is 11.6 Å². The van der Waals surface area contributed by atoms with Crippen LogP contribution >= 0.6 is 0 Å². The average molecular weight is 342 g/mol. The van der Waals surface area contributed by atoms with Gasteiger partial charge in [-0.3, -0.25) is 14.7 Å². The van der Waals surface area contributed by atoms with E-state index in [-0.39, 0.29) is 17.8 Å². The smallest absolute Gasteiger partial charge is 0.244 e. The van der Waals surface area contributed by atoms with Crippen LogP contribution in [-0.4, -0.2) is 61.0 Å². The molecular weight excluding hydrogens is 319 g/mol. The van der Waals surface area contributed by atoms with Gasteiger partial charge in [0.15, 0.2) is 0 Å². The molecule has 1 fully saturated rings. The van der Waals surface area contributed by atoms with Gasteiger partial charge in [-0.15, -0.1) is 0 Å². The minimum atomic E-state index is -0.328. The molecule has 1 aliphatic heterocycles. The first kappa shape index (κ1) is 17.4. The summed E-state index contributed by atoms with van der Waals surface area (Å²) in [5.41, 5.74) is 1.89. The lowest BCUT2D eigenvalue weighted by atomic mass is 10.1. The van der Waals surface area contributed by atoms with Gasteiger partial charge in [0.1, 0.15) is 11.9 Å². The monoisotopic (exact) mass is 342 g/mol. The maximum atomic E-state index is 13.1. The summed E-state index contributed by atoms with van der Waals surface area (Å²) in [4.78, 5) is 23.2. The molecule has 132 valence electrons. The molecule has 2 heterocycles. The van der Waals surface area contributed by atoms with Gasteiger partial charge < -0.3 is 9.80 Å². The number of carbonyl (C=O) groups excluding carboxylic acids is 1. The Balaban J connectivity index is 1.67. The van der Waals surface area contributed by atoms with Crippen molar-refractivity contribution >= 4 is 11.6 Å². The standard InChI is InChI=1S/C19H23FN4O/c1-22(2)18(15-4-3-9-21-14-15)19(25)24-12-10-23(11-13-24)17-7-5-16(20)6-8-17/h3-9,14,18H,10-13H2,1-2H3. The van der Waals surface area contributed by atoms with Crippen LogP contribution in [0.3, 0.4) is 0 Å². The highest BCUT2D eigenvalue weighted by Crippen LogP contribution is 2.22. The van der Waals surface area contributed by atoms with Crippen LogP contribution in [0.25, 0.3) is 0 Å². The minimum Gasteiger partial charge on any atom is -0.368 e. The molecular formula is C19H23FN4O. The van der Waals surface area contributed by atoms with Gasteiger partial charge in [0.2, 0.25) is 5.91 Å². The van der Waals surface area contributed by atoms with Crippen molar-refractivity contribution < 1.29 is 9.18 Å². The van der Waals surface area contributed by atoms with Gasteiger partial charge in [0, 0.05) is 44.3 Å². The second-order valence-corrected chi connectivity index (χ2v) is 6.44. The van der Waals surface area contributed by atoms with Gasteiger partial charge >= 0.3 is 0 Å². The summed E-state index contributed by atoms with van der Waals surface area (Å²) in [6, 6.07) is 9.96. The average Bonchev–Trinajstić information content (AvgIpc) is 2.63. The molecule has 25 heavy (non-hydrogen) atoms. The Labute approximate surface area is 147 Å². The first-order chi connectivity index (χ1) is 12.1. The summed E-state index contributed by atoms with van der Waals surface area (Å²) in [6.07, 6.45) is 3.46. The van der Waals surface area contributed by atoms with E-state index >= 15 is 0 Å². The second-order valence-electron chi connectivity index (χ2n) is 6.44. The van der Waals surface area contributed by atoms with E-state index in [1.54, 1.807) is 24.5 Å². The first-order valence-corrected chi connectivity index (χ1v) is 8.42. The van der Waals surface area contributed by atoms with Crippen molar-refractivity contribution in [2.45, 2.75) is 6.04 Å². The van der Waals surface area contributed by atoms with Crippen molar-refractivity contribution in [2.24, 2.45) is 0 Å². The SMILES string of the molecule is CN(C)C(C(=O)N1CCN(c2ccc(F)cc2)CC1)c1cccnc1. The van der Waals surface area contributed by atoms with Crippen LogP contribution in [0.15, 0.2) is 48.8 Å². The molecule has 0 saturated carbocycles. The number of aromatic nitrogens is 1. The van der Waals surface area contributed by atoms with Crippen molar-refractivity contribution in [3.8, 4) is 0 Å². The summed E-state index contributed by atoms with van der Waals surface area (Å²) in [5.74, 6) is -0.139. The van der Waals surface area contributed by atoms with Crippen LogP contribution in [0, 0.1) is 5.82 Å². The molecule has 5 nitrogen and oxygen atoms in total. The summed E-state index contributed by atoms with van der Waals surface area (Å²) >= 11 is 0. The van der Waals surface area contributed by atoms with E-state index in [9.17, 15) is 9.18 Å². The molecule has 1 amide bonds. The molecule has 0 bridgehead atoms. The van der Waals surface area contributed by atoms with Gasteiger partial charge in [-0.2, -0.15) is 0 Å². The van der Waals surface area contributed by atoms with E-state index in [1.165, 1.54) is 12.1 Å². The van der Waals surface area contributed by atoms with Gasteiger partial charge in [-0.1, -0.05) is 6.07 Å². The molecule has 6 heteroatoms. The summed E-state index contributed by atoms with van der Waals surface area (Å²) in [7, 11) is 3.81. The zero-order chi connectivity index (χ0) is 17.8. The lowest BCUT2D eigenvalue weighted by Gasteiger charge is -2.38. The number of pyridine rings is 1. The van der Waals surface area contributed by atoms with Crippen molar-refractivity contribution in [3.05, 3.63) is 60.2 Å². The fraction of sp³-hybridized carbons (Fsp3) is 0.368. The van der Waals surface area contributed by atoms with E-state index < -0.39 is 0 Å². The number of nitrogens with zero attached hydrogens (tertiary/aromatic N) is 4. The second kappa shape index (κ2) is 7.61. The molecule has 1 atom stereocenters. The molecule has 0 spiro atoms. The first-order valence-electron chi connectivity index (χ1n) is 8.42. The van der Waals surface area contributed by atoms with Crippen molar-refractivity contribution in [1.29, 1.82) is 0 Å². The van der Waals surface area contributed by atoms with Crippen molar-refractivity contribution in [1.82, 2.24) is 14.8 Å².